The minimum absolute atomic E-state index is 0.00707. The fourth-order valence-electron chi connectivity index (χ4n) is 3.84. The molecule has 0 unspecified atom stereocenters. The van der Waals surface area contributed by atoms with Crippen molar-refractivity contribution in [1.29, 1.82) is 0 Å². The zero-order chi connectivity index (χ0) is 24.7. The molecule has 178 valence electrons. The van der Waals surface area contributed by atoms with Crippen molar-refractivity contribution in [3.05, 3.63) is 82.9 Å². The van der Waals surface area contributed by atoms with Crippen LogP contribution in [0.15, 0.2) is 70.4 Å². The summed E-state index contributed by atoms with van der Waals surface area (Å²) in [7, 11) is 3.33. The minimum Gasteiger partial charge on any atom is -0.497 e. The van der Waals surface area contributed by atoms with Crippen molar-refractivity contribution in [2.75, 3.05) is 7.11 Å². The molecule has 8 nitrogen and oxygen atoms in total. The first-order valence-electron chi connectivity index (χ1n) is 10.4. The number of methoxy groups -OCH3 is 1. The van der Waals surface area contributed by atoms with E-state index >= 15 is 0 Å². The largest absolute Gasteiger partial charge is 0.497 e. The number of hydrogen-bond acceptors (Lipinski definition) is 6. The lowest BCUT2D eigenvalue weighted by Crippen LogP contribution is -2.22. The van der Waals surface area contributed by atoms with Gasteiger partial charge in [-0.15, -0.1) is 0 Å². The molecule has 11 heteroatoms. The van der Waals surface area contributed by atoms with Crippen molar-refractivity contribution >= 4 is 11.0 Å². The SMILES string of the molecule is COc1cccc(-c2cn(C)c3c(=O)n(Cc4nc(-c5cccc(C(F)(F)F)c5)no4)cnc23)c1. The first kappa shape index (κ1) is 22.4. The Bertz CT molecular complexity index is 1600. The smallest absolute Gasteiger partial charge is 0.416 e. The van der Waals surface area contributed by atoms with Crippen LogP contribution in [0, 0.1) is 0 Å². The van der Waals surface area contributed by atoms with Crippen molar-refractivity contribution < 1.29 is 22.4 Å². The number of fused-ring (bicyclic) bond motifs is 1. The Morgan fingerprint density at radius 1 is 1.09 bits per heavy atom. The zero-order valence-electron chi connectivity index (χ0n) is 18.6. The molecule has 0 aliphatic rings. The molecule has 0 N–H and O–H groups in total. The second-order valence-electron chi connectivity index (χ2n) is 7.85. The van der Waals surface area contributed by atoms with Gasteiger partial charge in [-0.3, -0.25) is 9.36 Å². The summed E-state index contributed by atoms with van der Waals surface area (Å²) in [5.41, 5.74) is 1.53. The van der Waals surface area contributed by atoms with Gasteiger partial charge in [-0.25, -0.2) is 4.98 Å². The third-order valence-electron chi connectivity index (χ3n) is 5.55. The fourth-order valence-corrected chi connectivity index (χ4v) is 3.84. The van der Waals surface area contributed by atoms with E-state index in [-0.39, 0.29) is 29.4 Å². The van der Waals surface area contributed by atoms with Crippen LogP contribution in [0.2, 0.25) is 0 Å². The molecular weight excluding hydrogens is 463 g/mol. The van der Waals surface area contributed by atoms with E-state index in [1.54, 1.807) is 18.7 Å². The van der Waals surface area contributed by atoms with Gasteiger partial charge < -0.3 is 13.8 Å². The summed E-state index contributed by atoms with van der Waals surface area (Å²) in [6.45, 7) is -0.0899. The molecule has 0 amide bonds. The van der Waals surface area contributed by atoms with Crippen LogP contribution in [0.1, 0.15) is 11.5 Å². The summed E-state index contributed by atoms with van der Waals surface area (Å²) in [5, 5.41) is 3.77. The third-order valence-corrected chi connectivity index (χ3v) is 5.55. The van der Waals surface area contributed by atoms with Gasteiger partial charge in [0, 0.05) is 24.4 Å². The maximum atomic E-state index is 13.2. The molecule has 0 fully saturated rings. The zero-order valence-corrected chi connectivity index (χ0v) is 18.6. The van der Waals surface area contributed by atoms with Gasteiger partial charge in [0.1, 0.15) is 23.3 Å². The van der Waals surface area contributed by atoms with E-state index in [4.69, 9.17) is 9.26 Å². The molecule has 2 aromatic carbocycles. The Balaban J connectivity index is 1.47. The van der Waals surface area contributed by atoms with E-state index in [1.807, 2.05) is 30.5 Å². The van der Waals surface area contributed by atoms with Gasteiger partial charge in [0.2, 0.25) is 11.7 Å². The lowest BCUT2D eigenvalue weighted by atomic mass is 10.1. The second-order valence-corrected chi connectivity index (χ2v) is 7.85. The predicted molar refractivity (Wildman–Crippen MR) is 121 cm³/mol. The van der Waals surface area contributed by atoms with Crippen LogP contribution in [0.5, 0.6) is 5.75 Å². The Morgan fingerprint density at radius 3 is 2.63 bits per heavy atom. The minimum atomic E-state index is -4.49. The van der Waals surface area contributed by atoms with Gasteiger partial charge >= 0.3 is 6.18 Å². The molecule has 0 saturated heterocycles. The predicted octanol–water partition coefficient (Wildman–Crippen LogP) is 4.53. The standard InChI is InChI=1S/C24H18F3N5O3/c1-31-11-18(14-5-4-8-17(10-14)34-2)20-21(31)23(33)32(13-28-20)12-19-29-22(30-35-19)15-6-3-7-16(9-15)24(25,26)27/h3-11,13H,12H2,1-2H3. The molecule has 3 aromatic heterocycles. The van der Waals surface area contributed by atoms with Crippen molar-refractivity contribution in [1.82, 2.24) is 24.3 Å². The van der Waals surface area contributed by atoms with Crippen LogP contribution >= 0.6 is 0 Å². The number of benzene rings is 2. The molecular formula is C24H18F3N5O3. The summed E-state index contributed by atoms with van der Waals surface area (Å²) in [6.07, 6.45) is -1.30. The molecule has 0 radical (unpaired) electrons. The number of nitrogens with zero attached hydrogens (tertiary/aromatic N) is 5. The van der Waals surface area contributed by atoms with Gasteiger partial charge in [0.15, 0.2) is 0 Å². The van der Waals surface area contributed by atoms with Crippen molar-refractivity contribution in [3.8, 4) is 28.3 Å². The van der Waals surface area contributed by atoms with Crippen LogP contribution in [-0.4, -0.2) is 31.4 Å². The van der Waals surface area contributed by atoms with Gasteiger partial charge in [-0.2, -0.15) is 18.2 Å². The van der Waals surface area contributed by atoms with Gasteiger partial charge in [0.05, 0.1) is 19.0 Å². The summed E-state index contributed by atoms with van der Waals surface area (Å²) in [5.74, 6) is 0.732. The maximum Gasteiger partial charge on any atom is 0.416 e. The van der Waals surface area contributed by atoms with Crippen LogP contribution in [-0.2, 0) is 19.8 Å². The Kier molecular flexibility index (Phi) is 5.39. The number of alkyl halides is 3. The summed E-state index contributed by atoms with van der Waals surface area (Å²) < 4.78 is 52.5. The number of ether oxygens (including phenoxy) is 1. The van der Waals surface area contributed by atoms with E-state index < -0.39 is 11.7 Å². The van der Waals surface area contributed by atoms with E-state index in [2.05, 4.69) is 15.1 Å². The molecule has 0 aliphatic heterocycles. The topological polar surface area (TPSA) is 88.0 Å². The summed E-state index contributed by atoms with van der Waals surface area (Å²) >= 11 is 0. The monoisotopic (exact) mass is 481 g/mol. The van der Waals surface area contributed by atoms with Crippen LogP contribution in [0.4, 0.5) is 13.2 Å². The highest BCUT2D eigenvalue weighted by Crippen LogP contribution is 2.32. The van der Waals surface area contributed by atoms with Crippen LogP contribution in [0.3, 0.4) is 0 Å². The molecule has 35 heavy (non-hydrogen) atoms. The van der Waals surface area contributed by atoms with Crippen molar-refractivity contribution in [3.63, 3.8) is 0 Å². The van der Waals surface area contributed by atoms with Gasteiger partial charge in [0.25, 0.3) is 5.56 Å². The molecule has 0 saturated carbocycles. The van der Waals surface area contributed by atoms with Crippen LogP contribution in [0.25, 0.3) is 33.5 Å². The summed E-state index contributed by atoms with van der Waals surface area (Å²) in [6, 6.07) is 12.1. The number of aromatic nitrogens is 5. The molecule has 5 rings (SSSR count). The average molecular weight is 481 g/mol. The average Bonchev–Trinajstić information content (AvgIpc) is 3.45. The fraction of sp³-hybridized carbons (Fsp3) is 0.167. The molecule has 0 aliphatic carbocycles. The van der Waals surface area contributed by atoms with Gasteiger partial charge in [-0.1, -0.05) is 29.4 Å². The van der Waals surface area contributed by atoms with E-state index in [0.717, 1.165) is 23.3 Å². The lowest BCUT2D eigenvalue weighted by Gasteiger charge is -2.06. The van der Waals surface area contributed by atoms with Crippen LogP contribution < -0.4 is 10.3 Å². The third kappa shape index (κ3) is 4.16. The first-order valence-corrected chi connectivity index (χ1v) is 10.4. The maximum absolute atomic E-state index is 13.2. The highest BCUT2D eigenvalue weighted by molar-refractivity contribution is 5.92. The van der Waals surface area contributed by atoms with E-state index in [0.29, 0.717) is 16.8 Å². The van der Waals surface area contributed by atoms with Crippen molar-refractivity contribution in [2.45, 2.75) is 12.7 Å². The Labute approximate surface area is 196 Å². The van der Waals surface area contributed by atoms with E-state index in [1.165, 1.54) is 23.0 Å². The molecule has 3 heterocycles. The van der Waals surface area contributed by atoms with Crippen molar-refractivity contribution in [2.24, 2.45) is 7.05 Å². The highest BCUT2D eigenvalue weighted by Gasteiger charge is 2.30. The number of aryl methyl sites for hydroxylation is 1. The number of hydrogen-bond donors (Lipinski definition) is 0. The highest BCUT2D eigenvalue weighted by atomic mass is 19.4. The molecule has 0 spiro atoms. The molecule has 0 atom stereocenters. The van der Waals surface area contributed by atoms with Gasteiger partial charge in [-0.05, 0) is 29.8 Å². The number of halogens is 3. The molecule has 5 aromatic rings. The molecule has 0 bridgehead atoms. The number of rotatable bonds is 5. The lowest BCUT2D eigenvalue weighted by molar-refractivity contribution is -0.137. The summed E-state index contributed by atoms with van der Waals surface area (Å²) in [4.78, 5) is 21.9. The first-order chi connectivity index (χ1) is 16.7. The van der Waals surface area contributed by atoms with E-state index in [9.17, 15) is 18.0 Å². The second kappa shape index (κ2) is 8.42. The Morgan fingerprint density at radius 2 is 1.86 bits per heavy atom. The normalized spacial score (nSPS) is 11.8. The quantitative estimate of drug-likeness (QED) is 0.367. The Hall–Kier alpha value is -4.41.